The van der Waals surface area contributed by atoms with E-state index in [1.165, 1.54) is 0 Å². The van der Waals surface area contributed by atoms with Crippen LogP contribution in [0.5, 0.6) is 11.5 Å². The average Bonchev–Trinajstić information content (AvgIpc) is 2.38. The van der Waals surface area contributed by atoms with Crippen LogP contribution in [-0.4, -0.2) is 38.4 Å². The third kappa shape index (κ3) is 3.96. The maximum Gasteiger partial charge on any atom is 0.245 e. The summed E-state index contributed by atoms with van der Waals surface area (Å²) in [7, 11) is 3.19. The number of aliphatic hydroxyl groups excluding tert-OH is 1. The Morgan fingerprint density at radius 2 is 2.12 bits per heavy atom. The van der Waals surface area contributed by atoms with Crippen LogP contribution in [0.2, 0.25) is 0 Å². The number of carbonyl (C=O) groups is 1. The zero-order valence-corrected chi connectivity index (χ0v) is 10.0. The molecule has 2 N–H and O–H groups in total. The van der Waals surface area contributed by atoms with Crippen LogP contribution in [0, 0.1) is 0 Å². The predicted molar refractivity (Wildman–Crippen MR) is 63.3 cm³/mol. The zero-order chi connectivity index (χ0) is 12.7. The van der Waals surface area contributed by atoms with Gasteiger partial charge in [0.15, 0.2) is 0 Å². The molecule has 5 nitrogen and oxygen atoms in total. The lowest BCUT2D eigenvalue weighted by atomic mass is 10.1. The molecule has 0 aliphatic heterocycles. The Morgan fingerprint density at radius 3 is 2.71 bits per heavy atom. The molecule has 0 saturated heterocycles. The van der Waals surface area contributed by atoms with E-state index >= 15 is 0 Å². The first-order chi connectivity index (χ1) is 8.21. The SMILES string of the molecule is COc1ccc(OC)c(CCNC(=O)CO)c1. The van der Waals surface area contributed by atoms with Crippen LogP contribution in [0.4, 0.5) is 0 Å². The van der Waals surface area contributed by atoms with Crippen molar-refractivity contribution < 1.29 is 19.4 Å². The van der Waals surface area contributed by atoms with E-state index in [0.717, 1.165) is 17.1 Å². The van der Waals surface area contributed by atoms with Crippen molar-refractivity contribution >= 4 is 5.91 Å². The van der Waals surface area contributed by atoms with Crippen molar-refractivity contribution in [2.75, 3.05) is 27.4 Å². The van der Waals surface area contributed by atoms with Gasteiger partial charge < -0.3 is 19.9 Å². The van der Waals surface area contributed by atoms with Crippen molar-refractivity contribution in [3.8, 4) is 11.5 Å². The summed E-state index contributed by atoms with van der Waals surface area (Å²) >= 11 is 0. The highest BCUT2D eigenvalue weighted by molar-refractivity contribution is 5.76. The number of carbonyl (C=O) groups excluding carboxylic acids is 1. The number of hydrogen-bond donors (Lipinski definition) is 2. The Hall–Kier alpha value is -1.75. The molecule has 0 heterocycles. The molecule has 1 aromatic carbocycles. The van der Waals surface area contributed by atoms with E-state index in [2.05, 4.69) is 5.32 Å². The van der Waals surface area contributed by atoms with Crippen LogP contribution < -0.4 is 14.8 Å². The topological polar surface area (TPSA) is 67.8 Å². The van der Waals surface area contributed by atoms with Gasteiger partial charge in [-0.15, -0.1) is 0 Å². The Balaban J connectivity index is 2.64. The molecule has 0 fully saturated rings. The maximum absolute atomic E-state index is 10.9. The first kappa shape index (κ1) is 13.3. The average molecular weight is 239 g/mol. The summed E-state index contributed by atoms with van der Waals surface area (Å²) in [4.78, 5) is 10.9. The first-order valence-electron chi connectivity index (χ1n) is 5.29. The van der Waals surface area contributed by atoms with Crippen LogP contribution in [0.1, 0.15) is 5.56 Å². The number of aliphatic hydroxyl groups is 1. The Bertz CT molecular complexity index is 379. The smallest absolute Gasteiger partial charge is 0.245 e. The van der Waals surface area contributed by atoms with E-state index in [0.29, 0.717) is 13.0 Å². The summed E-state index contributed by atoms with van der Waals surface area (Å²) in [5, 5.41) is 11.1. The molecule has 0 unspecified atom stereocenters. The van der Waals surface area contributed by atoms with E-state index in [-0.39, 0.29) is 5.91 Å². The van der Waals surface area contributed by atoms with E-state index in [1.807, 2.05) is 18.2 Å². The van der Waals surface area contributed by atoms with Crippen LogP contribution in [0.15, 0.2) is 18.2 Å². The Morgan fingerprint density at radius 1 is 1.35 bits per heavy atom. The second-order valence-electron chi connectivity index (χ2n) is 3.44. The van der Waals surface area contributed by atoms with Gasteiger partial charge in [0.05, 0.1) is 14.2 Å². The molecule has 5 heteroatoms. The monoisotopic (exact) mass is 239 g/mol. The van der Waals surface area contributed by atoms with Gasteiger partial charge in [-0.2, -0.15) is 0 Å². The molecular formula is C12H17NO4. The van der Waals surface area contributed by atoms with Gasteiger partial charge in [0.2, 0.25) is 5.91 Å². The molecular weight excluding hydrogens is 222 g/mol. The van der Waals surface area contributed by atoms with E-state index < -0.39 is 6.61 Å². The third-order valence-corrected chi connectivity index (χ3v) is 2.35. The van der Waals surface area contributed by atoms with E-state index in [9.17, 15) is 4.79 Å². The van der Waals surface area contributed by atoms with Crippen molar-refractivity contribution in [3.05, 3.63) is 23.8 Å². The number of ether oxygens (including phenoxy) is 2. The summed E-state index contributed by atoms with van der Waals surface area (Å²) < 4.78 is 10.3. The van der Waals surface area contributed by atoms with Gasteiger partial charge in [-0.05, 0) is 30.2 Å². The minimum atomic E-state index is -0.491. The molecule has 1 amide bonds. The molecule has 0 atom stereocenters. The molecule has 17 heavy (non-hydrogen) atoms. The standard InChI is InChI=1S/C12H17NO4/c1-16-10-3-4-11(17-2)9(7-10)5-6-13-12(15)8-14/h3-4,7,14H,5-6,8H2,1-2H3,(H,13,15). The van der Waals surface area contributed by atoms with Gasteiger partial charge in [0.1, 0.15) is 18.1 Å². The van der Waals surface area contributed by atoms with Gasteiger partial charge in [-0.25, -0.2) is 0 Å². The predicted octanol–water partition coefficient (Wildman–Crippen LogP) is 0.355. The fourth-order valence-electron chi connectivity index (χ4n) is 1.47. The van der Waals surface area contributed by atoms with Crippen LogP contribution >= 0.6 is 0 Å². The van der Waals surface area contributed by atoms with Crippen molar-refractivity contribution in [2.45, 2.75) is 6.42 Å². The fourth-order valence-corrected chi connectivity index (χ4v) is 1.47. The molecule has 0 aromatic heterocycles. The zero-order valence-electron chi connectivity index (χ0n) is 10.0. The number of amides is 1. The molecule has 0 radical (unpaired) electrons. The summed E-state index contributed by atoms with van der Waals surface area (Å²) in [6.45, 7) is -0.0435. The molecule has 1 rings (SSSR count). The highest BCUT2D eigenvalue weighted by atomic mass is 16.5. The van der Waals surface area contributed by atoms with Crippen molar-refractivity contribution in [1.29, 1.82) is 0 Å². The number of methoxy groups -OCH3 is 2. The normalized spacial score (nSPS) is 9.82. The number of rotatable bonds is 6. The van der Waals surface area contributed by atoms with Crippen molar-refractivity contribution in [1.82, 2.24) is 5.32 Å². The summed E-state index contributed by atoms with van der Waals surface area (Å²) in [6.07, 6.45) is 0.617. The summed E-state index contributed by atoms with van der Waals surface area (Å²) in [6, 6.07) is 5.50. The lowest BCUT2D eigenvalue weighted by Gasteiger charge is -2.10. The highest BCUT2D eigenvalue weighted by Gasteiger charge is 2.05. The Labute approximate surface area is 100 Å². The molecule has 0 bridgehead atoms. The number of nitrogens with one attached hydrogen (secondary N) is 1. The van der Waals surface area contributed by atoms with Gasteiger partial charge in [-0.3, -0.25) is 4.79 Å². The maximum atomic E-state index is 10.9. The number of benzene rings is 1. The minimum absolute atomic E-state index is 0.383. The largest absolute Gasteiger partial charge is 0.497 e. The Kier molecular flexibility index (Phi) is 5.29. The van der Waals surface area contributed by atoms with E-state index in [1.54, 1.807) is 14.2 Å². The van der Waals surface area contributed by atoms with Gasteiger partial charge in [0, 0.05) is 6.54 Å². The van der Waals surface area contributed by atoms with Gasteiger partial charge >= 0.3 is 0 Å². The molecule has 0 saturated carbocycles. The molecule has 0 aliphatic rings. The van der Waals surface area contributed by atoms with Crippen molar-refractivity contribution in [3.63, 3.8) is 0 Å². The molecule has 94 valence electrons. The van der Waals surface area contributed by atoms with Gasteiger partial charge in [0.25, 0.3) is 0 Å². The van der Waals surface area contributed by atoms with Crippen molar-refractivity contribution in [2.24, 2.45) is 0 Å². The molecule has 0 spiro atoms. The lowest BCUT2D eigenvalue weighted by molar-refractivity contribution is -0.123. The lowest BCUT2D eigenvalue weighted by Crippen LogP contribution is -2.28. The van der Waals surface area contributed by atoms with Crippen LogP contribution in [-0.2, 0) is 11.2 Å². The molecule has 1 aromatic rings. The molecule has 0 aliphatic carbocycles. The third-order valence-electron chi connectivity index (χ3n) is 2.35. The van der Waals surface area contributed by atoms with Crippen LogP contribution in [0.25, 0.3) is 0 Å². The fraction of sp³-hybridized carbons (Fsp3) is 0.417. The first-order valence-corrected chi connectivity index (χ1v) is 5.29. The minimum Gasteiger partial charge on any atom is -0.497 e. The van der Waals surface area contributed by atoms with Gasteiger partial charge in [-0.1, -0.05) is 0 Å². The highest BCUT2D eigenvalue weighted by Crippen LogP contribution is 2.23. The van der Waals surface area contributed by atoms with Crippen LogP contribution in [0.3, 0.4) is 0 Å². The summed E-state index contributed by atoms with van der Waals surface area (Å²) in [5.74, 6) is 1.12. The quantitative estimate of drug-likeness (QED) is 0.752. The van der Waals surface area contributed by atoms with E-state index in [4.69, 9.17) is 14.6 Å². The second kappa shape index (κ2) is 6.75. The number of hydrogen-bond acceptors (Lipinski definition) is 4. The second-order valence-corrected chi connectivity index (χ2v) is 3.44. The summed E-state index contributed by atoms with van der Waals surface area (Å²) in [5.41, 5.74) is 0.949.